The van der Waals surface area contributed by atoms with Crippen LogP contribution in [0.3, 0.4) is 0 Å². The summed E-state index contributed by atoms with van der Waals surface area (Å²) < 4.78 is 1.07. The van der Waals surface area contributed by atoms with Crippen LogP contribution in [0.4, 0.5) is 0 Å². The Hall–Kier alpha value is -2.28. The number of carbonyl (C=O) groups is 1. The number of hydrogen-bond acceptors (Lipinski definition) is 3. The minimum atomic E-state index is -0.326. The van der Waals surface area contributed by atoms with Gasteiger partial charge < -0.3 is 0 Å². The molecule has 0 aliphatic heterocycles. The Kier molecular flexibility index (Phi) is 4.43. The molecule has 0 aliphatic carbocycles. The van der Waals surface area contributed by atoms with Crippen LogP contribution in [0.2, 0.25) is 0 Å². The highest BCUT2D eigenvalue weighted by atomic mass is 127. The van der Waals surface area contributed by atoms with Crippen LogP contribution >= 0.6 is 22.6 Å². The molecule has 0 saturated heterocycles. The summed E-state index contributed by atoms with van der Waals surface area (Å²) in [6, 6.07) is 19.0. The molecular formula is C17H12IN3O. The maximum Gasteiger partial charge on any atom is 0.289 e. The van der Waals surface area contributed by atoms with Crippen molar-refractivity contribution in [2.45, 2.75) is 0 Å². The number of carbonyl (C=O) groups excluding carboxylic acids is 1. The summed E-state index contributed by atoms with van der Waals surface area (Å²) in [6.45, 7) is 0. The van der Waals surface area contributed by atoms with Gasteiger partial charge in [-0.15, -0.1) is 0 Å². The number of amides is 1. The molecule has 1 amide bonds. The second kappa shape index (κ2) is 6.65. The smallest absolute Gasteiger partial charge is 0.266 e. The van der Waals surface area contributed by atoms with E-state index in [1.807, 2.05) is 54.6 Å². The van der Waals surface area contributed by atoms with E-state index in [0.717, 1.165) is 20.0 Å². The summed E-state index contributed by atoms with van der Waals surface area (Å²) in [6.07, 6.45) is 1.63. The number of nitrogens with zero attached hydrogens (tertiary/aromatic N) is 2. The molecule has 0 unspecified atom stereocenters. The van der Waals surface area contributed by atoms with Gasteiger partial charge in [0.05, 0.1) is 11.7 Å². The molecule has 0 saturated carbocycles. The summed E-state index contributed by atoms with van der Waals surface area (Å²) in [7, 11) is 0. The average Bonchev–Trinajstić information content (AvgIpc) is 2.56. The van der Waals surface area contributed by atoms with Crippen molar-refractivity contribution in [3.8, 4) is 0 Å². The summed E-state index contributed by atoms with van der Waals surface area (Å²) in [5.41, 5.74) is 4.59. The van der Waals surface area contributed by atoms with Crippen LogP contribution < -0.4 is 5.43 Å². The number of rotatable bonds is 3. The maximum absolute atomic E-state index is 12.1. The second-order valence-electron chi connectivity index (χ2n) is 4.61. The summed E-state index contributed by atoms with van der Waals surface area (Å²) in [5, 5.41) is 4.99. The van der Waals surface area contributed by atoms with Crippen molar-refractivity contribution in [3.63, 3.8) is 0 Å². The van der Waals surface area contributed by atoms with Crippen molar-refractivity contribution in [1.82, 2.24) is 10.4 Å². The van der Waals surface area contributed by atoms with Gasteiger partial charge in [0.2, 0.25) is 0 Å². The first kappa shape index (κ1) is 14.6. The van der Waals surface area contributed by atoms with Crippen LogP contribution in [0.15, 0.2) is 65.8 Å². The monoisotopic (exact) mass is 401 g/mol. The molecule has 5 heteroatoms. The molecule has 3 aromatic rings. The highest BCUT2D eigenvalue weighted by Gasteiger charge is 2.06. The van der Waals surface area contributed by atoms with Gasteiger partial charge in [-0.25, -0.2) is 10.4 Å². The molecule has 0 spiro atoms. The van der Waals surface area contributed by atoms with Crippen LogP contribution in [0.1, 0.15) is 16.1 Å². The van der Waals surface area contributed by atoms with E-state index in [2.05, 4.69) is 38.1 Å². The highest BCUT2D eigenvalue weighted by Crippen LogP contribution is 2.12. The molecule has 108 valence electrons. The fourth-order valence-corrected chi connectivity index (χ4v) is 2.52. The third-order valence-electron chi connectivity index (χ3n) is 3.11. The van der Waals surface area contributed by atoms with Crippen LogP contribution in [-0.4, -0.2) is 17.1 Å². The predicted molar refractivity (Wildman–Crippen MR) is 96.0 cm³/mol. The molecule has 0 atom stereocenters. The molecule has 1 N–H and O–H groups in total. The van der Waals surface area contributed by atoms with Gasteiger partial charge in [0, 0.05) is 14.5 Å². The molecule has 2 aromatic carbocycles. The molecule has 1 heterocycles. The molecule has 3 rings (SSSR count). The average molecular weight is 401 g/mol. The molecule has 0 aliphatic rings. The van der Waals surface area contributed by atoms with Gasteiger partial charge in [0.15, 0.2) is 0 Å². The van der Waals surface area contributed by atoms with Gasteiger partial charge in [0.1, 0.15) is 5.69 Å². The fraction of sp³-hybridized carbons (Fsp3) is 0. The SMILES string of the molecule is O=C(N/N=C/c1ccccc1I)c1ccc2ccccc2n1. The molecule has 0 radical (unpaired) electrons. The lowest BCUT2D eigenvalue weighted by Crippen LogP contribution is -2.19. The van der Waals surface area contributed by atoms with E-state index < -0.39 is 0 Å². The largest absolute Gasteiger partial charge is 0.289 e. The van der Waals surface area contributed by atoms with Crippen molar-refractivity contribution in [2.75, 3.05) is 0 Å². The van der Waals surface area contributed by atoms with Crippen LogP contribution in [0.25, 0.3) is 10.9 Å². The van der Waals surface area contributed by atoms with Gasteiger partial charge in [-0.1, -0.05) is 42.5 Å². The van der Waals surface area contributed by atoms with Crippen molar-refractivity contribution in [3.05, 3.63) is 75.5 Å². The Labute approximate surface area is 141 Å². The molecule has 0 fully saturated rings. The standard InChI is InChI=1S/C17H12IN3O/c18-14-7-3-1-6-13(14)11-19-21-17(22)16-10-9-12-5-2-4-8-15(12)20-16/h1-11H,(H,21,22)/b19-11+. The zero-order valence-corrected chi connectivity index (χ0v) is 13.7. The van der Waals surface area contributed by atoms with E-state index in [0.29, 0.717) is 5.69 Å². The van der Waals surface area contributed by atoms with E-state index in [1.165, 1.54) is 0 Å². The molecule has 22 heavy (non-hydrogen) atoms. The normalized spacial score (nSPS) is 11.0. The van der Waals surface area contributed by atoms with Crippen molar-refractivity contribution < 1.29 is 4.79 Å². The van der Waals surface area contributed by atoms with E-state index in [4.69, 9.17) is 0 Å². The van der Waals surface area contributed by atoms with Crippen molar-refractivity contribution in [1.29, 1.82) is 0 Å². The maximum atomic E-state index is 12.1. The fourth-order valence-electron chi connectivity index (χ4n) is 1.99. The minimum absolute atomic E-state index is 0.326. The Morgan fingerprint density at radius 3 is 2.68 bits per heavy atom. The third kappa shape index (κ3) is 3.30. The van der Waals surface area contributed by atoms with Gasteiger partial charge in [-0.3, -0.25) is 4.79 Å². The van der Waals surface area contributed by atoms with E-state index in [9.17, 15) is 4.79 Å². The lowest BCUT2D eigenvalue weighted by atomic mass is 10.2. The topological polar surface area (TPSA) is 54.4 Å². The van der Waals surface area contributed by atoms with Crippen LogP contribution in [-0.2, 0) is 0 Å². The molecular weight excluding hydrogens is 389 g/mol. The lowest BCUT2D eigenvalue weighted by molar-refractivity contribution is 0.0950. The summed E-state index contributed by atoms with van der Waals surface area (Å²) in [5.74, 6) is -0.326. The third-order valence-corrected chi connectivity index (χ3v) is 4.09. The number of hydrogen-bond donors (Lipinski definition) is 1. The van der Waals surface area contributed by atoms with E-state index >= 15 is 0 Å². The number of nitrogens with one attached hydrogen (secondary N) is 1. The predicted octanol–water partition coefficient (Wildman–Crippen LogP) is 3.60. The second-order valence-corrected chi connectivity index (χ2v) is 5.77. The minimum Gasteiger partial charge on any atom is -0.266 e. The van der Waals surface area contributed by atoms with Crippen LogP contribution in [0.5, 0.6) is 0 Å². The van der Waals surface area contributed by atoms with E-state index in [1.54, 1.807) is 12.3 Å². The van der Waals surface area contributed by atoms with Crippen LogP contribution in [0, 0.1) is 3.57 Å². The quantitative estimate of drug-likeness (QED) is 0.414. The number of para-hydroxylation sites is 1. The first-order valence-electron chi connectivity index (χ1n) is 6.68. The zero-order valence-electron chi connectivity index (χ0n) is 11.5. The van der Waals surface area contributed by atoms with E-state index in [-0.39, 0.29) is 5.91 Å². The number of halogens is 1. The zero-order chi connectivity index (χ0) is 15.4. The van der Waals surface area contributed by atoms with Crippen molar-refractivity contribution in [2.24, 2.45) is 5.10 Å². The summed E-state index contributed by atoms with van der Waals surface area (Å²) >= 11 is 2.22. The Bertz CT molecular complexity index is 861. The Morgan fingerprint density at radius 2 is 1.82 bits per heavy atom. The summed E-state index contributed by atoms with van der Waals surface area (Å²) in [4.78, 5) is 16.4. The first-order chi connectivity index (χ1) is 10.7. The number of hydrazone groups is 1. The number of benzene rings is 2. The number of pyridine rings is 1. The first-order valence-corrected chi connectivity index (χ1v) is 7.75. The van der Waals surface area contributed by atoms with Gasteiger partial charge in [-0.05, 0) is 40.8 Å². The lowest BCUT2D eigenvalue weighted by Gasteiger charge is -2.02. The molecule has 0 bridgehead atoms. The van der Waals surface area contributed by atoms with Gasteiger partial charge in [-0.2, -0.15) is 5.10 Å². The van der Waals surface area contributed by atoms with Gasteiger partial charge >= 0.3 is 0 Å². The molecule has 4 nitrogen and oxygen atoms in total. The van der Waals surface area contributed by atoms with Gasteiger partial charge in [0.25, 0.3) is 5.91 Å². The number of fused-ring (bicyclic) bond motifs is 1. The highest BCUT2D eigenvalue weighted by molar-refractivity contribution is 14.1. The Morgan fingerprint density at radius 1 is 1.05 bits per heavy atom. The number of aromatic nitrogens is 1. The molecule has 1 aromatic heterocycles. The Balaban J connectivity index is 1.74. The van der Waals surface area contributed by atoms with Crippen molar-refractivity contribution >= 4 is 45.6 Å².